The van der Waals surface area contributed by atoms with Gasteiger partial charge in [0.05, 0.1) is 35.5 Å². The summed E-state index contributed by atoms with van der Waals surface area (Å²) < 4.78 is 62.1. The lowest BCUT2D eigenvalue weighted by Crippen LogP contribution is -2.38. The van der Waals surface area contributed by atoms with E-state index in [9.17, 15) is 22.4 Å². The molecular weight excluding hydrogens is 574 g/mol. The Hall–Kier alpha value is -4.22. The van der Waals surface area contributed by atoms with Gasteiger partial charge in [0.1, 0.15) is 5.82 Å². The van der Waals surface area contributed by atoms with Gasteiger partial charge in [-0.25, -0.2) is 9.37 Å². The van der Waals surface area contributed by atoms with Gasteiger partial charge in [-0.3, -0.25) is 14.8 Å². The predicted molar refractivity (Wildman–Crippen MR) is 163 cm³/mol. The molecule has 11 heteroatoms. The first-order valence-corrected chi connectivity index (χ1v) is 14.8. The Morgan fingerprint density at radius 3 is 2.25 bits per heavy atom. The number of ether oxygens (including phenoxy) is 1. The number of imidazole rings is 1. The minimum absolute atomic E-state index is 0.290. The van der Waals surface area contributed by atoms with Crippen LogP contribution < -0.4 is 5.56 Å². The average Bonchev–Trinajstić information content (AvgIpc) is 3.57. The van der Waals surface area contributed by atoms with Crippen LogP contribution in [-0.4, -0.2) is 57.1 Å². The van der Waals surface area contributed by atoms with E-state index in [-0.39, 0.29) is 11.4 Å². The van der Waals surface area contributed by atoms with Gasteiger partial charge in [0.25, 0.3) is 5.56 Å². The zero-order valence-corrected chi connectivity index (χ0v) is 24.7. The number of aromatic amines is 1. The van der Waals surface area contributed by atoms with Gasteiger partial charge < -0.3 is 9.30 Å². The molecule has 0 spiro atoms. The molecule has 0 radical (unpaired) electrons. The lowest BCUT2D eigenvalue weighted by Gasteiger charge is -2.26. The summed E-state index contributed by atoms with van der Waals surface area (Å²) in [5.74, 6) is 0.0415. The maximum absolute atomic E-state index is 14.0. The Bertz CT molecular complexity index is 1730. The van der Waals surface area contributed by atoms with E-state index in [1.54, 1.807) is 12.1 Å². The van der Waals surface area contributed by atoms with Crippen LogP contribution in [0.1, 0.15) is 30.5 Å². The molecule has 3 heterocycles. The molecule has 0 atom stereocenters. The van der Waals surface area contributed by atoms with Gasteiger partial charge in [-0.05, 0) is 60.4 Å². The molecule has 3 aromatic carbocycles. The summed E-state index contributed by atoms with van der Waals surface area (Å²) in [6.45, 7) is 8.27. The van der Waals surface area contributed by atoms with Crippen LogP contribution in [0.5, 0.6) is 0 Å². The zero-order valence-electron chi connectivity index (χ0n) is 24.7. The van der Waals surface area contributed by atoms with E-state index >= 15 is 0 Å². The summed E-state index contributed by atoms with van der Waals surface area (Å²) in [6, 6.07) is 18.4. The summed E-state index contributed by atoms with van der Waals surface area (Å²) >= 11 is 0. The number of halogens is 4. The van der Waals surface area contributed by atoms with E-state index < -0.39 is 11.7 Å². The minimum Gasteiger partial charge on any atom is -0.379 e. The standard InChI is InChI=1S/C31H29F4N5O2.C2H6/c32-24-12-5-21(6-13-24)7-14-25-28(22-8-10-23(11-9-22)31(33,34)35)37-40(29(25)41)30-36-26-3-1-2-4-27(26)39(30)16-15-38-17-19-42-20-18-38;1-2/h1-6,8-13,37H,7,14-20H2;1-2H3. The van der Waals surface area contributed by atoms with Crippen molar-refractivity contribution in [3.63, 3.8) is 0 Å². The first-order chi connectivity index (χ1) is 21.3. The van der Waals surface area contributed by atoms with Gasteiger partial charge in [-0.15, -0.1) is 0 Å². The Kier molecular flexibility index (Phi) is 9.65. The predicted octanol–water partition coefficient (Wildman–Crippen LogP) is 6.48. The normalized spacial score (nSPS) is 14.0. The molecule has 7 nitrogen and oxygen atoms in total. The molecule has 0 bridgehead atoms. The number of aryl methyl sites for hydroxylation is 1. The fourth-order valence-corrected chi connectivity index (χ4v) is 5.35. The quantitative estimate of drug-likeness (QED) is 0.205. The molecular formula is C33H35F4N5O2. The molecule has 1 fully saturated rings. The highest BCUT2D eigenvalue weighted by Crippen LogP contribution is 2.31. The van der Waals surface area contributed by atoms with E-state index in [4.69, 9.17) is 9.72 Å². The van der Waals surface area contributed by atoms with Crippen molar-refractivity contribution in [3.05, 3.63) is 106 Å². The summed E-state index contributed by atoms with van der Waals surface area (Å²) in [4.78, 5) is 21.1. The van der Waals surface area contributed by atoms with Crippen LogP contribution in [0.3, 0.4) is 0 Å². The lowest BCUT2D eigenvalue weighted by molar-refractivity contribution is -0.137. The number of H-pyrrole nitrogens is 1. The second kappa shape index (κ2) is 13.6. The molecule has 6 rings (SSSR count). The third-order valence-electron chi connectivity index (χ3n) is 7.64. The second-order valence-corrected chi connectivity index (χ2v) is 10.3. The van der Waals surface area contributed by atoms with E-state index in [1.807, 2.05) is 42.7 Å². The maximum atomic E-state index is 14.0. The number of benzene rings is 3. The van der Waals surface area contributed by atoms with Crippen LogP contribution >= 0.6 is 0 Å². The Balaban J connectivity index is 0.00000188. The van der Waals surface area contributed by atoms with Gasteiger partial charge in [0.15, 0.2) is 0 Å². The molecule has 1 aliphatic heterocycles. The van der Waals surface area contributed by atoms with Crippen molar-refractivity contribution < 1.29 is 22.3 Å². The van der Waals surface area contributed by atoms with E-state index in [1.165, 1.54) is 28.9 Å². The molecule has 0 amide bonds. The topological polar surface area (TPSA) is 68.1 Å². The summed E-state index contributed by atoms with van der Waals surface area (Å²) in [6.07, 6.45) is -3.75. The minimum atomic E-state index is -4.48. The molecule has 0 aliphatic carbocycles. The number of hydrogen-bond acceptors (Lipinski definition) is 4. The average molecular weight is 610 g/mol. The molecule has 5 aromatic rings. The van der Waals surface area contributed by atoms with Gasteiger partial charge in [-0.1, -0.05) is 50.2 Å². The first kappa shape index (κ1) is 31.2. The van der Waals surface area contributed by atoms with E-state index in [2.05, 4.69) is 10.00 Å². The second-order valence-electron chi connectivity index (χ2n) is 10.3. The Labute approximate surface area is 252 Å². The molecule has 2 aromatic heterocycles. The van der Waals surface area contributed by atoms with Crippen LogP contribution in [-0.2, 0) is 30.3 Å². The lowest BCUT2D eigenvalue weighted by atomic mass is 10.0. The molecule has 1 aliphatic rings. The van der Waals surface area contributed by atoms with Crippen LogP contribution in [0.15, 0.2) is 77.6 Å². The highest BCUT2D eigenvalue weighted by molar-refractivity contribution is 5.77. The zero-order chi connectivity index (χ0) is 31.3. The van der Waals surface area contributed by atoms with Crippen LogP contribution in [0.2, 0.25) is 0 Å². The van der Waals surface area contributed by atoms with E-state index in [0.29, 0.717) is 55.4 Å². The summed E-state index contributed by atoms with van der Waals surface area (Å²) in [5.41, 5.74) is 2.59. The molecule has 1 saturated heterocycles. The Morgan fingerprint density at radius 1 is 0.886 bits per heavy atom. The number of nitrogens with one attached hydrogen (secondary N) is 1. The van der Waals surface area contributed by atoms with Crippen molar-refractivity contribution in [2.45, 2.75) is 39.4 Å². The SMILES string of the molecule is CC.O=c1c(CCc2ccc(F)cc2)c(-c2ccc(C(F)(F)F)cc2)[nH]n1-c1nc2ccccc2n1CCN1CCOCC1. The highest BCUT2D eigenvalue weighted by atomic mass is 19.4. The summed E-state index contributed by atoms with van der Waals surface area (Å²) in [7, 11) is 0. The highest BCUT2D eigenvalue weighted by Gasteiger charge is 2.30. The molecule has 0 saturated carbocycles. The third kappa shape index (κ3) is 6.79. The summed E-state index contributed by atoms with van der Waals surface area (Å²) in [5, 5.41) is 3.17. The number of alkyl halides is 3. The molecule has 232 valence electrons. The van der Waals surface area contributed by atoms with Gasteiger partial charge in [-0.2, -0.15) is 17.9 Å². The van der Waals surface area contributed by atoms with Crippen molar-refractivity contribution in [1.29, 1.82) is 0 Å². The number of hydrogen-bond donors (Lipinski definition) is 1. The molecule has 1 N–H and O–H groups in total. The maximum Gasteiger partial charge on any atom is 0.416 e. The monoisotopic (exact) mass is 609 g/mol. The smallest absolute Gasteiger partial charge is 0.379 e. The van der Waals surface area contributed by atoms with Crippen LogP contribution in [0.4, 0.5) is 17.6 Å². The van der Waals surface area contributed by atoms with Gasteiger partial charge in [0.2, 0.25) is 5.95 Å². The molecule has 0 unspecified atom stereocenters. The van der Waals surface area contributed by atoms with Crippen LogP contribution in [0.25, 0.3) is 28.2 Å². The van der Waals surface area contributed by atoms with Gasteiger partial charge >= 0.3 is 6.18 Å². The van der Waals surface area contributed by atoms with Crippen molar-refractivity contribution in [2.75, 3.05) is 32.8 Å². The van der Waals surface area contributed by atoms with Crippen molar-refractivity contribution >= 4 is 11.0 Å². The van der Waals surface area contributed by atoms with Crippen molar-refractivity contribution in [1.82, 2.24) is 24.2 Å². The fraction of sp³-hybridized carbons (Fsp3) is 0.333. The molecule has 44 heavy (non-hydrogen) atoms. The Morgan fingerprint density at radius 2 is 1.57 bits per heavy atom. The number of para-hydroxylation sites is 2. The number of rotatable bonds is 8. The first-order valence-electron chi connectivity index (χ1n) is 14.8. The van der Waals surface area contributed by atoms with Crippen molar-refractivity contribution in [3.8, 4) is 17.2 Å². The van der Waals surface area contributed by atoms with Crippen molar-refractivity contribution in [2.24, 2.45) is 0 Å². The third-order valence-corrected chi connectivity index (χ3v) is 7.64. The van der Waals surface area contributed by atoms with E-state index in [0.717, 1.165) is 48.4 Å². The largest absolute Gasteiger partial charge is 0.416 e. The fourth-order valence-electron chi connectivity index (χ4n) is 5.35. The number of nitrogens with zero attached hydrogens (tertiary/aromatic N) is 4. The van der Waals surface area contributed by atoms with Crippen LogP contribution in [0, 0.1) is 5.82 Å². The number of fused-ring (bicyclic) bond motifs is 1. The van der Waals surface area contributed by atoms with Gasteiger partial charge in [0, 0.05) is 31.7 Å². The number of aromatic nitrogens is 4. The number of morpholine rings is 1.